The van der Waals surface area contributed by atoms with E-state index in [2.05, 4.69) is 15.5 Å². The molecule has 5 nitrogen and oxygen atoms in total. The van der Waals surface area contributed by atoms with Gasteiger partial charge in [0, 0.05) is 18.9 Å². The van der Waals surface area contributed by atoms with Crippen molar-refractivity contribution in [2.45, 2.75) is 38.3 Å². The molecule has 1 aliphatic heterocycles. The summed E-state index contributed by atoms with van der Waals surface area (Å²) in [6, 6.07) is 4.10. The molecule has 0 radical (unpaired) electrons. The van der Waals surface area contributed by atoms with Crippen molar-refractivity contribution in [3.63, 3.8) is 0 Å². The zero-order chi connectivity index (χ0) is 16.0. The van der Waals surface area contributed by atoms with E-state index in [9.17, 15) is 13.6 Å². The lowest BCUT2D eigenvalue weighted by atomic mass is 10.1. The second-order valence-electron chi connectivity index (χ2n) is 6.10. The number of rotatable bonds is 4. The average Bonchev–Trinajstić information content (AvgIpc) is 3.02. The molecule has 1 N–H and O–H groups in total. The number of nitrogens with zero attached hydrogens (tertiary/aromatic N) is 3. The molecule has 2 atom stereocenters. The minimum absolute atomic E-state index is 0.144. The lowest BCUT2D eigenvalue weighted by Gasteiger charge is -2.06. The Morgan fingerprint density at radius 2 is 2.22 bits per heavy atom. The maximum absolute atomic E-state index is 13.8. The SMILES string of the molecule is O=C(NCc1nnc2n1CCC2)C1CC1c1cccc(F)c1F. The molecule has 2 unspecified atom stereocenters. The fourth-order valence-electron chi connectivity index (χ4n) is 3.27. The third-order valence-corrected chi connectivity index (χ3v) is 4.61. The van der Waals surface area contributed by atoms with Crippen molar-refractivity contribution in [2.24, 2.45) is 5.92 Å². The predicted octanol–water partition coefficient (Wildman–Crippen LogP) is 1.92. The standard InChI is InChI=1S/C16H16F2N4O/c17-12-4-1-3-9(15(12)18)10-7-11(10)16(23)19-8-14-21-20-13-5-2-6-22(13)14/h1,3-4,10-11H,2,5-8H2,(H,19,23). The maximum atomic E-state index is 13.8. The van der Waals surface area contributed by atoms with Gasteiger partial charge in [0.15, 0.2) is 17.5 Å². The van der Waals surface area contributed by atoms with Crippen molar-refractivity contribution in [2.75, 3.05) is 0 Å². The molecule has 2 aromatic rings. The van der Waals surface area contributed by atoms with Crippen LogP contribution in [0, 0.1) is 17.6 Å². The Morgan fingerprint density at radius 1 is 1.35 bits per heavy atom. The number of aryl methyl sites for hydroxylation is 1. The highest BCUT2D eigenvalue weighted by Crippen LogP contribution is 2.48. The highest BCUT2D eigenvalue weighted by atomic mass is 19.2. The molecule has 7 heteroatoms. The van der Waals surface area contributed by atoms with Crippen LogP contribution in [0.4, 0.5) is 8.78 Å². The van der Waals surface area contributed by atoms with E-state index in [-0.39, 0.29) is 23.3 Å². The van der Waals surface area contributed by atoms with E-state index in [0.29, 0.717) is 13.0 Å². The number of fused-ring (bicyclic) bond motifs is 1. The van der Waals surface area contributed by atoms with Gasteiger partial charge in [-0.25, -0.2) is 8.78 Å². The van der Waals surface area contributed by atoms with E-state index in [1.165, 1.54) is 6.07 Å². The van der Waals surface area contributed by atoms with E-state index in [1.807, 2.05) is 4.57 Å². The molecule has 23 heavy (non-hydrogen) atoms. The summed E-state index contributed by atoms with van der Waals surface area (Å²) in [6.45, 7) is 1.20. The molecule has 1 aliphatic carbocycles. The summed E-state index contributed by atoms with van der Waals surface area (Å²) in [7, 11) is 0. The van der Waals surface area contributed by atoms with Crippen molar-refractivity contribution in [3.05, 3.63) is 47.0 Å². The summed E-state index contributed by atoms with van der Waals surface area (Å²) in [6.07, 6.45) is 2.52. The summed E-state index contributed by atoms with van der Waals surface area (Å²) in [5, 5.41) is 11.0. The van der Waals surface area contributed by atoms with Crippen LogP contribution < -0.4 is 5.32 Å². The van der Waals surface area contributed by atoms with Crippen LogP contribution in [0.15, 0.2) is 18.2 Å². The second-order valence-corrected chi connectivity index (χ2v) is 6.10. The summed E-state index contributed by atoms with van der Waals surface area (Å²) in [5.41, 5.74) is 0.286. The fraction of sp³-hybridized carbons (Fsp3) is 0.438. The minimum Gasteiger partial charge on any atom is -0.349 e. The van der Waals surface area contributed by atoms with E-state index in [4.69, 9.17) is 0 Å². The first kappa shape index (κ1) is 14.3. The van der Waals surface area contributed by atoms with Gasteiger partial charge in [-0.2, -0.15) is 0 Å². The molecule has 0 spiro atoms. The summed E-state index contributed by atoms with van der Waals surface area (Å²) < 4.78 is 29.0. The van der Waals surface area contributed by atoms with Crippen molar-refractivity contribution < 1.29 is 13.6 Å². The van der Waals surface area contributed by atoms with Gasteiger partial charge in [0.05, 0.1) is 6.54 Å². The van der Waals surface area contributed by atoms with Gasteiger partial charge < -0.3 is 9.88 Å². The molecule has 2 aliphatic rings. The number of hydrogen-bond donors (Lipinski definition) is 1. The molecule has 2 heterocycles. The Bertz CT molecular complexity index is 773. The van der Waals surface area contributed by atoms with Crippen molar-refractivity contribution in [3.8, 4) is 0 Å². The summed E-state index contributed by atoms with van der Waals surface area (Å²) >= 11 is 0. The molecule has 1 fully saturated rings. The molecular weight excluding hydrogens is 302 g/mol. The molecule has 1 amide bonds. The minimum atomic E-state index is -0.868. The number of carbonyl (C=O) groups is 1. The molecule has 1 aromatic heterocycles. The van der Waals surface area contributed by atoms with Gasteiger partial charge in [0.25, 0.3) is 0 Å². The van der Waals surface area contributed by atoms with Gasteiger partial charge in [0.1, 0.15) is 5.82 Å². The highest BCUT2D eigenvalue weighted by molar-refractivity contribution is 5.82. The van der Waals surface area contributed by atoms with Gasteiger partial charge in [-0.1, -0.05) is 12.1 Å². The quantitative estimate of drug-likeness (QED) is 0.937. The monoisotopic (exact) mass is 318 g/mol. The van der Waals surface area contributed by atoms with Crippen LogP contribution in [0.3, 0.4) is 0 Å². The lowest BCUT2D eigenvalue weighted by molar-refractivity contribution is -0.122. The van der Waals surface area contributed by atoms with Crippen LogP contribution in [0.1, 0.15) is 36.0 Å². The molecule has 0 bridgehead atoms. The van der Waals surface area contributed by atoms with Crippen molar-refractivity contribution in [1.82, 2.24) is 20.1 Å². The number of nitrogens with one attached hydrogen (secondary N) is 1. The van der Waals surface area contributed by atoms with Crippen LogP contribution in [0.2, 0.25) is 0 Å². The van der Waals surface area contributed by atoms with Gasteiger partial charge in [-0.3, -0.25) is 4.79 Å². The first-order valence-corrected chi connectivity index (χ1v) is 7.77. The number of amides is 1. The molecule has 4 rings (SSSR count). The third kappa shape index (κ3) is 2.50. The smallest absolute Gasteiger partial charge is 0.224 e. The van der Waals surface area contributed by atoms with Crippen LogP contribution >= 0.6 is 0 Å². The van der Waals surface area contributed by atoms with Crippen LogP contribution in [0.25, 0.3) is 0 Å². The van der Waals surface area contributed by atoms with Gasteiger partial charge in [-0.15, -0.1) is 10.2 Å². The number of aromatic nitrogens is 3. The van der Waals surface area contributed by atoms with E-state index < -0.39 is 11.6 Å². The molecule has 1 saturated carbocycles. The Labute approximate surface area is 131 Å². The van der Waals surface area contributed by atoms with Crippen molar-refractivity contribution in [1.29, 1.82) is 0 Å². The lowest BCUT2D eigenvalue weighted by Crippen LogP contribution is -2.26. The fourth-order valence-corrected chi connectivity index (χ4v) is 3.27. The van der Waals surface area contributed by atoms with Crippen molar-refractivity contribution >= 4 is 5.91 Å². The largest absolute Gasteiger partial charge is 0.349 e. The topological polar surface area (TPSA) is 59.8 Å². The summed E-state index contributed by atoms with van der Waals surface area (Å²) in [4.78, 5) is 12.2. The molecule has 120 valence electrons. The number of benzene rings is 1. The second kappa shape index (κ2) is 5.40. The van der Waals surface area contributed by atoms with Crippen LogP contribution in [-0.2, 0) is 24.3 Å². The van der Waals surface area contributed by atoms with Crippen LogP contribution in [-0.4, -0.2) is 20.7 Å². The Balaban J connectivity index is 1.38. The van der Waals surface area contributed by atoms with Gasteiger partial charge in [0.2, 0.25) is 5.91 Å². The summed E-state index contributed by atoms with van der Waals surface area (Å²) in [5.74, 6) is -0.688. The highest BCUT2D eigenvalue weighted by Gasteiger charge is 2.45. The molecular formula is C16H16F2N4O. The number of carbonyl (C=O) groups excluding carboxylic acids is 1. The Morgan fingerprint density at radius 3 is 3.09 bits per heavy atom. The number of hydrogen-bond acceptors (Lipinski definition) is 3. The first-order chi connectivity index (χ1) is 11.1. The maximum Gasteiger partial charge on any atom is 0.224 e. The van der Waals surface area contributed by atoms with E-state index in [1.54, 1.807) is 6.07 Å². The van der Waals surface area contributed by atoms with Crippen LogP contribution in [0.5, 0.6) is 0 Å². The average molecular weight is 318 g/mol. The van der Waals surface area contributed by atoms with Gasteiger partial charge >= 0.3 is 0 Å². The Kier molecular flexibility index (Phi) is 3.36. The first-order valence-electron chi connectivity index (χ1n) is 7.77. The normalized spacial score (nSPS) is 22.0. The molecule has 0 saturated heterocycles. The zero-order valence-corrected chi connectivity index (χ0v) is 12.4. The third-order valence-electron chi connectivity index (χ3n) is 4.61. The van der Waals surface area contributed by atoms with E-state index in [0.717, 1.165) is 37.1 Å². The van der Waals surface area contributed by atoms with E-state index >= 15 is 0 Å². The van der Waals surface area contributed by atoms with Gasteiger partial charge in [-0.05, 0) is 30.4 Å². The number of halogens is 2. The zero-order valence-electron chi connectivity index (χ0n) is 12.4. The predicted molar refractivity (Wildman–Crippen MR) is 77.4 cm³/mol. The Hall–Kier alpha value is -2.31. The molecule has 1 aromatic carbocycles.